The number of hydrogen-bond acceptors (Lipinski definition) is 7. The fourth-order valence-corrected chi connectivity index (χ4v) is 4.05. The maximum atomic E-state index is 13.4. The Hall–Kier alpha value is -0.238. The van der Waals surface area contributed by atoms with Gasteiger partial charge in [-0.3, -0.25) is 4.90 Å². The largest absolute Gasteiger partial charge is 0.670 e. The van der Waals surface area contributed by atoms with Gasteiger partial charge in [0.25, 0.3) is 0 Å². The van der Waals surface area contributed by atoms with E-state index in [1.807, 2.05) is 6.92 Å². The van der Waals surface area contributed by atoms with Crippen molar-refractivity contribution in [3.8, 4) is 0 Å². The molecule has 1 fully saturated rings. The molecule has 1 heterocycles. The molecule has 35 heavy (non-hydrogen) atoms. The third-order valence-electron chi connectivity index (χ3n) is 5.70. The van der Waals surface area contributed by atoms with Crippen molar-refractivity contribution in [2.75, 3.05) is 13.2 Å². The average molecular weight is 713 g/mol. The molecule has 201 valence electrons. The molecule has 1 radical (unpaired) electrons. The first kappa shape index (κ1) is 34.8. The third-order valence-corrected chi connectivity index (χ3v) is 5.70. The van der Waals surface area contributed by atoms with Gasteiger partial charge in [0.15, 0.2) is 6.29 Å². The van der Waals surface area contributed by atoms with E-state index < -0.39 is 59.2 Å². The van der Waals surface area contributed by atoms with Gasteiger partial charge in [-0.05, 0) is 68.2 Å². The van der Waals surface area contributed by atoms with E-state index in [2.05, 4.69) is 6.58 Å². The number of carbonyl (C=O) groups is 2. The van der Waals surface area contributed by atoms with E-state index in [4.69, 9.17) is 24.7 Å². The van der Waals surface area contributed by atoms with Crippen molar-refractivity contribution in [1.29, 1.82) is 0 Å². The van der Waals surface area contributed by atoms with Crippen LogP contribution in [0.3, 0.4) is 0 Å². The van der Waals surface area contributed by atoms with E-state index in [1.165, 1.54) is 11.0 Å². The Labute approximate surface area is 247 Å². The Morgan fingerprint density at radius 2 is 1.66 bits per heavy atom. The Morgan fingerprint density at radius 1 is 1.11 bits per heavy atom. The molecule has 1 aliphatic heterocycles. The van der Waals surface area contributed by atoms with Gasteiger partial charge < -0.3 is 29.8 Å². The van der Waals surface area contributed by atoms with E-state index in [0.717, 1.165) is 0 Å². The van der Waals surface area contributed by atoms with Gasteiger partial charge in [0.05, 0.1) is 12.2 Å². The van der Waals surface area contributed by atoms with Crippen molar-refractivity contribution in [3.63, 3.8) is 0 Å². The van der Waals surface area contributed by atoms with E-state index in [9.17, 15) is 14.7 Å². The summed E-state index contributed by atoms with van der Waals surface area (Å²) in [4.78, 5) is 27.9. The van der Waals surface area contributed by atoms with Gasteiger partial charge in [0.1, 0.15) is 17.2 Å². The van der Waals surface area contributed by atoms with Crippen LogP contribution in [0.25, 0.3) is 5.73 Å². The summed E-state index contributed by atoms with van der Waals surface area (Å²) in [7, 11) is 0. The molecule has 0 aromatic carbocycles. The number of aliphatic hydroxyl groups is 1. The topological polar surface area (TPSA) is 118 Å². The first-order valence-electron chi connectivity index (χ1n) is 12.0. The van der Waals surface area contributed by atoms with Crippen LogP contribution in [-0.4, -0.2) is 76.5 Å². The van der Waals surface area contributed by atoms with Crippen LogP contribution < -0.4 is 0 Å². The summed E-state index contributed by atoms with van der Waals surface area (Å²) in [6, 6.07) is -3.08. The second-order valence-electron chi connectivity index (χ2n) is 10.8. The van der Waals surface area contributed by atoms with Gasteiger partial charge >= 0.3 is 12.1 Å². The fourth-order valence-electron chi connectivity index (χ4n) is 4.05. The summed E-state index contributed by atoms with van der Waals surface area (Å²) in [6.07, 6.45) is 0.482. The first-order valence-corrected chi connectivity index (χ1v) is 12.0. The molecule has 0 spiro atoms. The molecule has 0 aliphatic carbocycles. The number of amides is 1. The molecule has 0 saturated carbocycles. The van der Waals surface area contributed by atoms with Crippen LogP contribution >= 0.6 is 0 Å². The monoisotopic (exact) mass is 712 g/mol. The second kappa shape index (κ2) is 14.1. The van der Waals surface area contributed by atoms with E-state index in [1.54, 1.807) is 55.4 Å². The number of ether oxygens (including phenoxy) is 4. The molecule has 0 bridgehead atoms. The minimum absolute atomic E-state index is 0. The number of carbonyl (C=O) groups excluding carboxylic acids is 2. The standard InChI is InChI=1S/C25H45N2O7.Ac/c1-11-25(30,12-2)20(26)19-17(15-32-16(4)31-13-3)14-18(21(28)33-23(5,6)7)27(19)22(29)34-24(8,9)10;/h11,16-20,26,30H,1,12-15H2,2-10H3;/q-1;/t16?,17-,18+,19+,20+,25-;/m0./s1. The molecule has 1 rings (SSSR count). The summed E-state index contributed by atoms with van der Waals surface area (Å²) in [6.45, 7) is 20.1. The van der Waals surface area contributed by atoms with E-state index in [-0.39, 0.29) is 63.5 Å². The van der Waals surface area contributed by atoms with Gasteiger partial charge in [-0.25, -0.2) is 9.59 Å². The van der Waals surface area contributed by atoms with E-state index in [0.29, 0.717) is 6.61 Å². The average Bonchev–Trinajstić information content (AvgIpc) is 3.08. The number of likely N-dealkylation sites (tertiary alicyclic amines) is 1. The van der Waals surface area contributed by atoms with Crippen molar-refractivity contribution in [1.82, 2.24) is 4.90 Å². The molecule has 1 saturated heterocycles. The Kier molecular flexibility index (Phi) is 14.0. The number of hydrogen-bond donors (Lipinski definition) is 1. The molecule has 6 atom stereocenters. The van der Waals surface area contributed by atoms with Crippen molar-refractivity contribution in [2.45, 2.75) is 116 Å². The minimum Gasteiger partial charge on any atom is -0.670 e. The SMILES string of the molecule is C=C[C@](O)(CC)[C@H]([NH-])[C@H]1[C@H](COC(C)OCC)C[C@H](C(=O)OC(C)(C)C)N1C(=O)OC(C)(C)C.[Ac]. The number of esters is 1. The van der Waals surface area contributed by atoms with Gasteiger partial charge in [-0.1, -0.05) is 19.0 Å². The molecule has 0 aromatic rings. The number of nitrogens with zero attached hydrogens (tertiary/aromatic N) is 1. The fraction of sp³-hybridized carbons (Fsp3) is 0.840. The quantitative estimate of drug-likeness (QED) is 0.202. The van der Waals surface area contributed by atoms with Crippen LogP contribution in [0.5, 0.6) is 0 Å². The smallest absolute Gasteiger partial charge is 0.411 e. The van der Waals surface area contributed by atoms with Crippen LogP contribution in [0.15, 0.2) is 12.7 Å². The zero-order chi connectivity index (χ0) is 26.5. The molecule has 9 nitrogen and oxygen atoms in total. The normalized spacial score (nSPS) is 24.1. The first-order chi connectivity index (χ1) is 15.5. The summed E-state index contributed by atoms with van der Waals surface area (Å²) in [5, 5.41) is 11.1. The van der Waals surface area contributed by atoms with Crippen LogP contribution in [0, 0.1) is 50.0 Å². The zero-order valence-corrected chi connectivity index (χ0v) is 27.7. The predicted octanol–water partition coefficient (Wildman–Crippen LogP) is 4.47. The van der Waals surface area contributed by atoms with Gasteiger partial charge in [0.2, 0.25) is 0 Å². The van der Waals surface area contributed by atoms with Crippen LogP contribution in [0.2, 0.25) is 0 Å². The molecule has 10 heteroatoms. The van der Waals surface area contributed by atoms with Crippen LogP contribution in [-0.2, 0) is 23.7 Å². The Bertz CT molecular complexity index is 707. The summed E-state index contributed by atoms with van der Waals surface area (Å²) in [5.41, 5.74) is 5.80. The van der Waals surface area contributed by atoms with Gasteiger partial charge in [-0.2, -0.15) is 0 Å². The van der Waals surface area contributed by atoms with Crippen LogP contribution in [0.1, 0.15) is 75.2 Å². The number of rotatable bonds is 10. The maximum Gasteiger partial charge on any atom is 0.411 e. The van der Waals surface area contributed by atoms with Crippen molar-refractivity contribution in [2.24, 2.45) is 5.92 Å². The Morgan fingerprint density at radius 3 is 2.09 bits per heavy atom. The van der Waals surface area contributed by atoms with E-state index >= 15 is 0 Å². The molecule has 2 N–H and O–H groups in total. The number of nitrogens with one attached hydrogen (secondary N) is 1. The zero-order valence-electron chi connectivity index (χ0n) is 22.9. The molecule has 0 aromatic heterocycles. The molecular weight excluding hydrogens is 667 g/mol. The minimum atomic E-state index is -1.59. The Balaban J connectivity index is 0.0000116. The van der Waals surface area contributed by atoms with Crippen LogP contribution in [0.4, 0.5) is 4.79 Å². The van der Waals surface area contributed by atoms with Crippen molar-refractivity contribution in [3.05, 3.63) is 18.4 Å². The molecular formula is C25H45AcN2O7-. The molecule has 1 amide bonds. The molecule has 1 unspecified atom stereocenters. The van der Waals surface area contributed by atoms with Gasteiger partial charge in [-0.15, -0.1) is 6.58 Å². The van der Waals surface area contributed by atoms with Gasteiger partial charge in [0, 0.05) is 62.6 Å². The summed E-state index contributed by atoms with van der Waals surface area (Å²) < 4.78 is 22.5. The molecule has 1 aliphatic rings. The maximum absolute atomic E-state index is 13.4. The third kappa shape index (κ3) is 10.2. The summed E-state index contributed by atoms with van der Waals surface area (Å²) >= 11 is 0. The second-order valence-corrected chi connectivity index (χ2v) is 10.8. The summed E-state index contributed by atoms with van der Waals surface area (Å²) in [5.74, 6) is -1.04. The predicted molar refractivity (Wildman–Crippen MR) is 130 cm³/mol. The van der Waals surface area contributed by atoms with Crippen molar-refractivity contribution >= 4 is 12.1 Å². The van der Waals surface area contributed by atoms with Crippen molar-refractivity contribution < 1.29 is 77.7 Å².